The maximum Gasteiger partial charge on any atom is 0.231 e. The number of carbonyl (C=O) groups is 1. The topological polar surface area (TPSA) is 71.3 Å². The number of carbonyl (C=O) groups excluding carboxylic acids is 1. The fourth-order valence-electron chi connectivity index (χ4n) is 3.72. The fraction of sp³-hybridized carbons (Fsp3) is 0.381. The van der Waals surface area contributed by atoms with Crippen LogP contribution < -0.4 is 10.2 Å². The molecule has 1 aromatic carbocycles. The number of benzene rings is 1. The molecule has 3 heterocycles. The number of nitrogens with one attached hydrogen (secondary N) is 1. The number of fused-ring (bicyclic) bond motifs is 1. The predicted molar refractivity (Wildman–Crippen MR) is 104 cm³/mol. The zero-order valence-corrected chi connectivity index (χ0v) is 16.0. The monoisotopic (exact) mass is 382 g/mol. The van der Waals surface area contributed by atoms with Crippen molar-refractivity contribution in [2.24, 2.45) is 5.92 Å². The first-order valence-corrected chi connectivity index (χ1v) is 9.50. The summed E-state index contributed by atoms with van der Waals surface area (Å²) in [5.74, 6) is 1.28. The molecule has 0 spiro atoms. The van der Waals surface area contributed by atoms with Gasteiger partial charge in [0.2, 0.25) is 11.6 Å². The summed E-state index contributed by atoms with van der Waals surface area (Å²) in [6.07, 6.45) is 3.26. The van der Waals surface area contributed by atoms with Crippen molar-refractivity contribution in [3.05, 3.63) is 53.3 Å². The number of nitrogens with zero attached hydrogens (tertiary/aromatic N) is 3. The minimum Gasteiger partial charge on any atom is -0.443 e. The standard InChI is InChI=1S/C21H23FN4O2/c1-13-14(2)28-21-18(13)19(24-12-25-21)26-9-3-4-16(11-26)20(27)23-10-15-5-7-17(22)8-6-15/h5-8,12,16H,3-4,9-11H2,1-2H3,(H,23,27)/t16-/m0/s1. The van der Waals surface area contributed by atoms with Gasteiger partial charge in [0.25, 0.3) is 0 Å². The lowest BCUT2D eigenvalue weighted by Crippen LogP contribution is -2.43. The highest BCUT2D eigenvalue weighted by Crippen LogP contribution is 2.32. The Balaban J connectivity index is 1.47. The molecule has 0 bridgehead atoms. The quantitative estimate of drug-likeness (QED) is 0.748. The molecule has 0 unspecified atom stereocenters. The minimum atomic E-state index is -0.279. The van der Waals surface area contributed by atoms with Gasteiger partial charge in [-0.05, 0) is 44.4 Å². The van der Waals surface area contributed by atoms with Crippen LogP contribution in [-0.4, -0.2) is 29.0 Å². The number of furan rings is 1. The first-order valence-electron chi connectivity index (χ1n) is 9.50. The number of amides is 1. The lowest BCUT2D eigenvalue weighted by atomic mass is 9.96. The molecule has 2 aromatic heterocycles. The average Bonchev–Trinajstić information content (AvgIpc) is 3.01. The Morgan fingerprint density at radius 1 is 1.29 bits per heavy atom. The van der Waals surface area contributed by atoms with Gasteiger partial charge >= 0.3 is 0 Å². The summed E-state index contributed by atoms with van der Waals surface area (Å²) >= 11 is 0. The van der Waals surface area contributed by atoms with Crippen molar-refractivity contribution in [2.75, 3.05) is 18.0 Å². The van der Waals surface area contributed by atoms with Gasteiger partial charge in [0.05, 0.1) is 11.3 Å². The maximum absolute atomic E-state index is 13.0. The number of aryl methyl sites for hydroxylation is 2. The number of piperidine rings is 1. The third-order valence-electron chi connectivity index (χ3n) is 5.42. The van der Waals surface area contributed by atoms with E-state index in [1.807, 2.05) is 13.8 Å². The lowest BCUT2D eigenvalue weighted by Gasteiger charge is -2.33. The molecule has 1 saturated heterocycles. The van der Waals surface area contributed by atoms with Crippen LogP contribution in [0.5, 0.6) is 0 Å². The van der Waals surface area contributed by atoms with Crippen LogP contribution in [0.3, 0.4) is 0 Å². The van der Waals surface area contributed by atoms with Crippen molar-refractivity contribution in [3.63, 3.8) is 0 Å². The minimum absolute atomic E-state index is 0.0134. The van der Waals surface area contributed by atoms with E-state index in [1.54, 1.807) is 12.1 Å². The molecule has 0 radical (unpaired) electrons. The van der Waals surface area contributed by atoms with Crippen molar-refractivity contribution in [2.45, 2.75) is 33.2 Å². The van der Waals surface area contributed by atoms with Crippen LogP contribution in [0.2, 0.25) is 0 Å². The Kier molecular flexibility index (Phi) is 4.98. The lowest BCUT2D eigenvalue weighted by molar-refractivity contribution is -0.125. The van der Waals surface area contributed by atoms with E-state index in [0.717, 1.165) is 47.5 Å². The van der Waals surface area contributed by atoms with Crippen LogP contribution in [0.15, 0.2) is 35.0 Å². The normalized spacial score (nSPS) is 17.1. The number of hydrogen-bond acceptors (Lipinski definition) is 5. The van der Waals surface area contributed by atoms with E-state index in [-0.39, 0.29) is 17.6 Å². The first-order chi connectivity index (χ1) is 13.5. The number of anilines is 1. The molecule has 7 heteroatoms. The zero-order valence-electron chi connectivity index (χ0n) is 16.0. The van der Waals surface area contributed by atoms with E-state index in [0.29, 0.717) is 18.8 Å². The van der Waals surface area contributed by atoms with E-state index in [1.165, 1.54) is 18.5 Å². The predicted octanol–water partition coefficient (Wildman–Crippen LogP) is 3.51. The molecule has 3 aromatic rings. The summed E-state index contributed by atoms with van der Waals surface area (Å²) in [5.41, 5.74) is 2.50. The SMILES string of the molecule is Cc1oc2ncnc(N3CCC[C@H](C(=O)NCc4ccc(F)cc4)C3)c2c1C. The molecule has 1 N–H and O–H groups in total. The van der Waals surface area contributed by atoms with E-state index in [9.17, 15) is 9.18 Å². The summed E-state index contributed by atoms with van der Waals surface area (Å²) in [6.45, 7) is 5.77. The molecule has 4 rings (SSSR count). The van der Waals surface area contributed by atoms with Crippen LogP contribution in [0, 0.1) is 25.6 Å². The molecule has 146 valence electrons. The second-order valence-corrected chi connectivity index (χ2v) is 7.29. The van der Waals surface area contributed by atoms with E-state index >= 15 is 0 Å². The Bertz CT molecular complexity index is 1000. The highest BCUT2D eigenvalue weighted by molar-refractivity contribution is 5.90. The van der Waals surface area contributed by atoms with Crippen LogP contribution in [0.25, 0.3) is 11.1 Å². The van der Waals surface area contributed by atoms with E-state index < -0.39 is 0 Å². The molecule has 1 aliphatic heterocycles. The average molecular weight is 382 g/mol. The molecule has 0 saturated carbocycles. The Hall–Kier alpha value is -2.96. The van der Waals surface area contributed by atoms with Crippen molar-refractivity contribution in [3.8, 4) is 0 Å². The smallest absolute Gasteiger partial charge is 0.231 e. The molecule has 1 aliphatic rings. The fourth-order valence-corrected chi connectivity index (χ4v) is 3.72. The highest BCUT2D eigenvalue weighted by atomic mass is 19.1. The second kappa shape index (κ2) is 7.58. The molecular formula is C21H23FN4O2. The number of hydrogen-bond donors (Lipinski definition) is 1. The number of halogens is 1. The van der Waals surface area contributed by atoms with Crippen LogP contribution in [0.1, 0.15) is 29.7 Å². The van der Waals surface area contributed by atoms with Gasteiger partial charge in [-0.3, -0.25) is 4.79 Å². The third-order valence-corrected chi connectivity index (χ3v) is 5.42. The zero-order chi connectivity index (χ0) is 19.7. The van der Waals surface area contributed by atoms with Gasteiger partial charge in [-0.25, -0.2) is 14.4 Å². The van der Waals surface area contributed by atoms with Crippen LogP contribution in [0.4, 0.5) is 10.2 Å². The van der Waals surface area contributed by atoms with Crippen molar-refractivity contribution in [1.82, 2.24) is 15.3 Å². The molecule has 28 heavy (non-hydrogen) atoms. The Morgan fingerprint density at radius 2 is 2.07 bits per heavy atom. The largest absolute Gasteiger partial charge is 0.443 e. The van der Waals surface area contributed by atoms with E-state index in [4.69, 9.17) is 4.42 Å². The molecular weight excluding hydrogens is 359 g/mol. The van der Waals surface area contributed by atoms with Gasteiger partial charge in [-0.2, -0.15) is 0 Å². The van der Waals surface area contributed by atoms with Gasteiger partial charge in [0.1, 0.15) is 23.7 Å². The van der Waals surface area contributed by atoms with Gasteiger partial charge in [-0.1, -0.05) is 12.1 Å². The van der Waals surface area contributed by atoms with Gasteiger partial charge in [0.15, 0.2) is 0 Å². The number of aromatic nitrogens is 2. The van der Waals surface area contributed by atoms with Gasteiger partial charge < -0.3 is 14.6 Å². The third kappa shape index (κ3) is 3.56. The van der Waals surface area contributed by atoms with Crippen LogP contribution >= 0.6 is 0 Å². The second-order valence-electron chi connectivity index (χ2n) is 7.29. The molecule has 1 atom stereocenters. The maximum atomic E-state index is 13.0. The summed E-state index contributed by atoms with van der Waals surface area (Å²) in [6, 6.07) is 6.17. The highest BCUT2D eigenvalue weighted by Gasteiger charge is 2.28. The molecule has 6 nitrogen and oxygen atoms in total. The van der Waals surface area contributed by atoms with Crippen molar-refractivity contribution >= 4 is 22.8 Å². The van der Waals surface area contributed by atoms with Gasteiger partial charge in [0, 0.05) is 25.2 Å². The Morgan fingerprint density at radius 3 is 2.86 bits per heavy atom. The first kappa shape index (κ1) is 18.4. The summed E-state index contributed by atoms with van der Waals surface area (Å²) in [7, 11) is 0. The molecule has 1 amide bonds. The van der Waals surface area contributed by atoms with E-state index in [2.05, 4.69) is 20.2 Å². The number of rotatable bonds is 4. The Labute approximate surface area is 162 Å². The molecule has 1 fully saturated rings. The van der Waals surface area contributed by atoms with Crippen LogP contribution in [-0.2, 0) is 11.3 Å². The molecule has 0 aliphatic carbocycles. The summed E-state index contributed by atoms with van der Waals surface area (Å²) in [5, 5.41) is 3.90. The van der Waals surface area contributed by atoms with Gasteiger partial charge in [-0.15, -0.1) is 0 Å². The summed E-state index contributed by atoms with van der Waals surface area (Å²) in [4.78, 5) is 23.6. The van der Waals surface area contributed by atoms with Crippen molar-refractivity contribution < 1.29 is 13.6 Å². The summed E-state index contributed by atoms with van der Waals surface area (Å²) < 4.78 is 18.7. The van der Waals surface area contributed by atoms with Crippen molar-refractivity contribution in [1.29, 1.82) is 0 Å².